The second-order valence-electron chi connectivity index (χ2n) is 5.17. The van der Waals surface area contributed by atoms with Crippen molar-refractivity contribution in [2.75, 3.05) is 6.16 Å². The molecule has 0 heterocycles. The highest BCUT2D eigenvalue weighted by Gasteiger charge is 2.32. The maximum atomic E-state index is 12.6. The smallest absolute Gasteiger partial charge is 0.416 e. The van der Waals surface area contributed by atoms with Crippen LogP contribution in [0, 0.1) is 10.1 Å². The van der Waals surface area contributed by atoms with Gasteiger partial charge in [0.1, 0.15) is 16.8 Å². The second kappa shape index (κ2) is 8.48. The van der Waals surface area contributed by atoms with Crippen molar-refractivity contribution in [3.8, 4) is 11.5 Å². The zero-order valence-electron chi connectivity index (χ0n) is 13.5. The number of hydrogen-bond acceptors (Lipinski definition) is 4. The fourth-order valence-electron chi connectivity index (χ4n) is 2.06. The third-order valence-electron chi connectivity index (χ3n) is 3.44. The van der Waals surface area contributed by atoms with Crippen molar-refractivity contribution in [2.45, 2.75) is 13.1 Å². The van der Waals surface area contributed by atoms with Gasteiger partial charge in [-0.25, -0.2) is 0 Å². The van der Waals surface area contributed by atoms with Gasteiger partial charge in [0, 0.05) is 18.3 Å². The van der Waals surface area contributed by atoms with Gasteiger partial charge >= 0.3 is 6.18 Å². The number of halogens is 5. The summed E-state index contributed by atoms with van der Waals surface area (Å²) < 4.78 is 55.5. The minimum atomic E-state index is -4.58. The van der Waals surface area contributed by atoms with E-state index in [1.807, 2.05) is 0 Å². The predicted molar refractivity (Wildman–Crippen MR) is 89.6 cm³/mol. The fraction of sp³-hybridized carbons (Fsp3) is 0.200. The van der Waals surface area contributed by atoms with E-state index in [0.29, 0.717) is 6.07 Å². The molecule has 12 heteroatoms. The molecule has 2 aromatic rings. The highest BCUT2D eigenvalue weighted by Crippen LogP contribution is 2.43. The highest BCUT2D eigenvalue weighted by atomic mass is 35.5. The van der Waals surface area contributed by atoms with E-state index in [2.05, 4.69) is 0 Å². The Morgan fingerprint density at radius 1 is 1.26 bits per heavy atom. The summed E-state index contributed by atoms with van der Waals surface area (Å²) in [6.45, 7) is 1.39. The van der Waals surface area contributed by atoms with Crippen LogP contribution in [0.2, 0.25) is 5.02 Å². The largest absolute Gasteiger partial charge is 1.00 e. The van der Waals surface area contributed by atoms with Crippen LogP contribution < -0.4 is 22.4 Å². The molecule has 2 aromatic carbocycles. The number of ether oxygens (including phenoxy) is 1. The summed E-state index contributed by atoms with van der Waals surface area (Å²) in [5.74, 6) is -0.210. The number of hydrogen-bond donors (Lipinski definition) is 1. The fourth-order valence-corrected chi connectivity index (χ4v) is 3.46. The van der Waals surface area contributed by atoms with Crippen LogP contribution in [0.15, 0.2) is 36.4 Å². The summed E-state index contributed by atoms with van der Waals surface area (Å²) >= 11 is 5.79. The van der Waals surface area contributed by atoms with E-state index in [9.17, 15) is 32.7 Å². The lowest BCUT2D eigenvalue weighted by Crippen LogP contribution is -3.00. The average molecular weight is 445 g/mol. The number of benzene rings is 2. The molecular formula is C15H12Cl2F3NO5P-. The monoisotopic (exact) mass is 444 g/mol. The Balaban J connectivity index is 0.00000364. The maximum Gasteiger partial charge on any atom is 0.416 e. The molecule has 1 unspecified atom stereocenters. The molecular weight excluding hydrogens is 433 g/mol. The first-order chi connectivity index (χ1) is 12.0. The Hall–Kier alpha value is -1.80. The van der Waals surface area contributed by atoms with Crippen molar-refractivity contribution in [3.63, 3.8) is 0 Å². The summed E-state index contributed by atoms with van der Waals surface area (Å²) in [4.78, 5) is 20.2. The van der Waals surface area contributed by atoms with Gasteiger partial charge in [0.05, 0.1) is 15.5 Å². The summed E-state index contributed by atoms with van der Waals surface area (Å²) in [6, 6.07) is 5.58. The normalized spacial score (nSPS) is 13.4. The number of nitro groups is 1. The first kappa shape index (κ1) is 23.2. The third-order valence-corrected chi connectivity index (χ3v) is 5.70. The first-order valence-corrected chi connectivity index (χ1v) is 9.33. The van der Waals surface area contributed by atoms with E-state index in [4.69, 9.17) is 16.3 Å². The van der Waals surface area contributed by atoms with Gasteiger partial charge in [0.2, 0.25) is 7.37 Å². The third kappa shape index (κ3) is 5.35. The number of alkyl halides is 3. The molecule has 1 N–H and O–H groups in total. The van der Waals surface area contributed by atoms with Gasteiger partial charge < -0.3 is 22.0 Å². The number of rotatable bonds is 5. The molecule has 0 bridgehead atoms. The molecule has 0 saturated heterocycles. The molecule has 27 heavy (non-hydrogen) atoms. The van der Waals surface area contributed by atoms with Gasteiger partial charge in [-0.1, -0.05) is 18.5 Å². The van der Waals surface area contributed by atoms with E-state index < -0.39 is 35.0 Å². The lowest BCUT2D eigenvalue weighted by Gasteiger charge is -2.13. The van der Waals surface area contributed by atoms with Crippen LogP contribution in [-0.4, -0.2) is 16.0 Å². The molecule has 6 nitrogen and oxygen atoms in total. The molecule has 0 aliphatic rings. The summed E-state index contributed by atoms with van der Waals surface area (Å²) in [5, 5.41) is 10.3. The van der Waals surface area contributed by atoms with E-state index >= 15 is 0 Å². The number of nitrogens with zero attached hydrogens (tertiary/aromatic N) is 1. The zero-order chi connectivity index (χ0) is 19.7. The Morgan fingerprint density at radius 3 is 2.37 bits per heavy atom. The second-order valence-corrected chi connectivity index (χ2v) is 8.10. The molecule has 2 rings (SSSR count). The molecule has 0 fully saturated rings. The predicted octanol–water partition coefficient (Wildman–Crippen LogP) is 1.98. The molecule has 0 aromatic heterocycles. The van der Waals surface area contributed by atoms with Crippen molar-refractivity contribution < 1.29 is 44.7 Å². The summed E-state index contributed by atoms with van der Waals surface area (Å²) in [7, 11) is -3.99. The minimum Gasteiger partial charge on any atom is -1.00 e. The van der Waals surface area contributed by atoms with E-state index in [1.54, 1.807) is 0 Å². The molecule has 0 spiro atoms. The maximum absolute atomic E-state index is 12.6. The van der Waals surface area contributed by atoms with Crippen LogP contribution in [0.5, 0.6) is 11.5 Å². The molecule has 0 aliphatic carbocycles. The van der Waals surface area contributed by atoms with Crippen molar-refractivity contribution in [1.29, 1.82) is 0 Å². The van der Waals surface area contributed by atoms with E-state index in [1.165, 1.54) is 6.92 Å². The summed E-state index contributed by atoms with van der Waals surface area (Å²) in [6.07, 6.45) is -4.81. The van der Waals surface area contributed by atoms with Crippen molar-refractivity contribution >= 4 is 30.0 Å². The van der Waals surface area contributed by atoms with E-state index in [-0.39, 0.29) is 35.1 Å². The first-order valence-electron chi connectivity index (χ1n) is 7.11. The van der Waals surface area contributed by atoms with Crippen LogP contribution in [0.4, 0.5) is 18.9 Å². The van der Waals surface area contributed by atoms with Crippen LogP contribution in [-0.2, 0) is 10.7 Å². The topological polar surface area (TPSA) is 89.7 Å². The van der Waals surface area contributed by atoms with Crippen molar-refractivity contribution in [2.24, 2.45) is 0 Å². The molecule has 0 amide bonds. The SMILES string of the molecule is CCP(=O)(O)c1cc(Oc2ccc(C(F)(F)F)cc2Cl)ccc1[N+](=O)[O-].[Cl-]. The van der Waals surface area contributed by atoms with Gasteiger partial charge in [-0.15, -0.1) is 0 Å². The lowest BCUT2D eigenvalue weighted by atomic mass is 10.2. The van der Waals surface area contributed by atoms with Gasteiger partial charge in [-0.2, -0.15) is 13.2 Å². The summed E-state index contributed by atoms with van der Waals surface area (Å²) in [5.41, 5.74) is -1.52. The number of nitro benzene ring substituents is 1. The zero-order valence-corrected chi connectivity index (χ0v) is 15.9. The quantitative estimate of drug-likeness (QED) is 0.432. The minimum absolute atomic E-state index is 0. The van der Waals surface area contributed by atoms with Gasteiger partial charge in [-0.05, 0) is 24.3 Å². The van der Waals surface area contributed by atoms with Gasteiger partial charge in [0.25, 0.3) is 5.69 Å². The standard InChI is InChI=1S/C15H12ClF3NO5P.ClH/c1-2-26(23,24)14-8-10(4-5-12(14)20(21)22)25-13-6-3-9(7-11(13)16)15(17,18)19;/h3-8H,2H2,1H3,(H,23,24);1H/p-1. The Morgan fingerprint density at radius 2 is 1.89 bits per heavy atom. The lowest BCUT2D eigenvalue weighted by molar-refractivity contribution is -0.383. The van der Waals surface area contributed by atoms with Crippen molar-refractivity contribution in [1.82, 2.24) is 0 Å². The van der Waals surface area contributed by atoms with Gasteiger partial charge in [-0.3, -0.25) is 14.7 Å². The van der Waals surface area contributed by atoms with Crippen LogP contribution in [0.3, 0.4) is 0 Å². The molecule has 1 atom stereocenters. The van der Waals surface area contributed by atoms with Crippen LogP contribution in [0.25, 0.3) is 0 Å². The Kier molecular flexibility index (Phi) is 7.30. The molecule has 0 saturated carbocycles. The Labute approximate surface area is 162 Å². The average Bonchev–Trinajstić information content (AvgIpc) is 2.55. The van der Waals surface area contributed by atoms with Crippen LogP contribution >= 0.6 is 19.0 Å². The van der Waals surface area contributed by atoms with Gasteiger partial charge in [0.15, 0.2) is 0 Å². The van der Waals surface area contributed by atoms with Crippen LogP contribution in [0.1, 0.15) is 12.5 Å². The molecule has 0 radical (unpaired) electrons. The highest BCUT2D eigenvalue weighted by molar-refractivity contribution is 7.66. The molecule has 148 valence electrons. The molecule has 0 aliphatic heterocycles. The van der Waals surface area contributed by atoms with Crippen molar-refractivity contribution in [3.05, 3.63) is 57.1 Å². The van der Waals surface area contributed by atoms with E-state index in [0.717, 1.165) is 30.3 Å². The Bertz CT molecular complexity index is 908.